The molecule has 0 saturated heterocycles. The van der Waals surface area contributed by atoms with Gasteiger partial charge in [-0.2, -0.15) is 0 Å². The molecule has 3 rings (SSSR count). The van der Waals surface area contributed by atoms with E-state index in [1.54, 1.807) is 0 Å². The second-order valence-electron chi connectivity index (χ2n) is 8.30. The highest BCUT2D eigenvalue weighted by atomic mass is 16.2. The molecule has 114 valence electrons. The Kier molecular flexibility index (Phi) is 2.91. The van der Waals surface area contributed by atoms with Crippen molar-refractivity contribution < 1.29 is 9.59 Å². The highest BCUT2D eigenvalue weighted by molar-refractivity contribution is 6.57. The molecule has 2 aromatic carbocycles. The number of carbonyl (C=O) groups is 2. The van der Waals surface area contributed by atoms with Gasteiger partial charge in [0, 0.05) is 16.5 Å². The van der Waals surface area contributed by atoms with Gasteiger partial charge in [0.2, 0.25) is 11.6 Å². The Morgan fingerprint density at radius 2 is 1.00 bits per heavy atom. The molecule has 0 aliphatic heterocycles. The van der Waals surface area contributed by atoms with E-state index < -0.39 is 0 Å². The van der Waals surface area contributed by atoms with E-state index in [1.807, 2.05) is 12.1 Å². The Labute approximate surface area is 131 Å². The van der Waals surface area contributed by atoms with Crippen LogP contribution in [0.25, 0.3) is 10.8 Å². The Morgan fingerprint density at radius 1 is 0.636 bits per heavy atom. The van der Waals surface area contributed by atoms with Crippen LogP contribution in [0.3, 0.4) is 0 Å². The summed E-state index contributed by atoms with van der Waals surface area (Å²) in [6.45, 7) is 12.7. The summed E-state index contributed by atoms with van der Waals surface area (Å²) in [4.78, 5) is 24.7. The topological polar surface area (TPSA) is 34.1 Å². The molecule has 0 N–H and O–H groups in total. The molecule has 0 bridgehead atoms. The van der Waals surface area contributed by atoms with Crippen LogP contribution >= 0.6 is 0 Å². The zero-order chi connectivity index (χ0) is 16.4. The maximum absolute atomic E-state index is 12.4. The van der Waals surface area contributed by atoms with Gasteiger partial charge in [0.25, 0.3) is 0 Å². The normalized spacial score (nSPS) is 15.0. The van der Waals surface area contributed by atoms with Gasteiger partial charge in [-0.1, -0.05) is 53.7 Å². The quantitative estimate of drug-likeness (QED) is 0.653. The minimum Gasteiger partial charge on any atom is -0.285 e. The van der Waals surface area contributed by atoms with Crippen molar-refractivity contribution in [1.29, 1.82) is 0 Å². The third-order valence-corrected chi connectivity index (χ3v) is 4.48. The van der Waals surface area contributed by atoms with Crippen molar-refractivity contribution in [3.05, 3.63) is 46.5 Å². The van der Waals surface area contributed by atoms with Crippen molar-refractivity contribution in [1.82, 2.24) is 0 Å². The van der Waals surface area contributed by atoms with E-state index in [0.29, 0.717) is 11.1 Å². The molecule has 1 aliphatic rings. The van der Waals surface area contributed by atoms with Crippen molar-refractivity contribution in [2.24, 2.45) is 0 Å². The SMILES string of the molecule is CC(C)(C)c1cc2c3c(cc(C(C)(C)C)cc3c1)C(=O)C2=O. The summed E-state index contributed by atoms with van der Waals surface area (Å²) in [5.41, 5.74) is 3.21. The first-order valence-corrected chi connectivity index (χ1v) is 7.72. The van der Waals surface area contributed by atoms with Gasteiger partial charge in [-0.05, 0) is 39.5 Å². The van der Waals surface area contributed by atoms with Crippen LogP contribution in [0.4, 0.5) is 0 Å². The molecule has 22 heavy (non-hydrogen) atoms. The van der Waals surface area contributed by atoms with Gasteiger partial charge >= 0.3 is 0 Å². The first kappa shape index (κ1) is 15.0. The zero-order valence-electron chi connectivity index (χ0n) is 14.1. The van der Waals surface area contributed by atoms with Crippen LogP contribution in [-0.2, 0) is 10.8 Å². The number of rotatable bonds is 0. The molecular formula is C20H22O2. The molecule has 0 saturated carbocycles. The monoisotopic (exact) mass is 294 g/mol. The molecule has 0 aromatic heterocycles. The zero-order valence-corrected chi connectivity index (χ0v) is 14.1. The number of ketones is 2. The van der Waals surface area contributed by atoms with Gasteiger partial charge in [0.05, 0.1) is 0 Å². The lowest BCUT2D eigenvalue weighted by Crippen LogP contribution is -2.13. The number of Topliss-reactive ketones (excluding diaryl/α,β-unsaturated/α-hetero) is 2. The van der Waals surface area contributed by atoms with Gasteiger partial charge in [-0.25, -0.2) is 0 Å². The fourth-order valence-electron chi connectivity index (χ4n) is 2.98. The predicted octanol–water partition coefficient (Wildman–Crippen LogP) is 4.81. The molecule has 0 atom stereocenters. The van der Waals surface area contributed by atoms with E-state index >= 15 is 0 Å². The molecule has 1 aliphatic carbocycles. The molecule has 0 fully saturated rings. The lowest BCUT2D eigenvalue weighted by atomic mass is 9.82. The smallest absolute Gasteiger partial charge is 0.234 e. The Bertz CT molecular complexity index is 761. The minimum absolute atomic E-state index is 0.0610. The second-order valence-corrected chi connectivity index (χ2v) is 8.30. The van der Waals surface area contributed by atoms with Crippen molar-refractivity contribution >= 4 is 22.3 Å². The highest BCUT2D eigenvalue weighted by Gasteiger charge is 2.33. The summed E-state index contributed by atoms with van der Waals surface area (Å²) in [6, 6.07) is 8.05. The average Bonchev–Trinajstić information content (AvgIpc) is 2.63. The summed E-state index contributed by atoms with van der Waals surface area (Å²) in [5, 5.41) is 1.83. The summed E-state index contributed by atoms with van der Waals surface area (Å²) >= 11 is 0. The highest BCUT2D eigenvalue weighted by Crippen LogP contribution is 2.38. The van der Waals surface area contributed by atoms with E-state index in [-0.39, 0.29) is 22.4 Å². The van der Waals surface area contributed by atoms with Crippen LogP contribution in [0.1, 0.15) is 73.4 Å². The first-order chi connectivity index (χ1) is 10.00. The average molecular weight is 294 g/mol. The Balaban J connectivity index is 2.43. The maximum atomic E-state index is 12.4. The molecule has 2 heteroatoms. The number of hydrogen-bond acceptors (Lipinski definition) is 2. The van der Waals surface area contributed by atoms with Crippen LogP contribution < -0.4 is 0 Å². The van der Waals surface area contributed by atoms with E-state index in [9.17, 15) is 9.59 Å². The lowest BCUT2D eigenvalue weighted by Gasteiger charge is -2.22. The van der Waals surface area contributed by atoms with Gasteiger partial charge in [0.1, 0.15) is 0 Å². The van der Waals surface area contributed by atoms with Gasteiger partial charge in [0.15, 0.2) is 0 Å². The molecule has 0 spiro atoms. The van der Waals surface area contributed by atoms with Crippen molar-refractivity contribution in [2.45, 2.75) is 52.4 Å². The molecule has 0 amide bonds. The third kappa shape index (κ3) is 2.09. The van der Waals surface area contributed by atoms with E-state index in [2.05, 4.69) is 53.7 Å². The molecule has 0 unspecified atom stereocenters. The Hall–Kier alpha value is -1.96. The molecule has 0 heterocycles. The Morgan fingerprint density at radius 3 is 1.32 bits per heavy atom. The van der Waals surface area contributed by atoms with Gasteiger partial charge in [-0.15, -0.1) is 0 Å². The summed E-state index contributed by atoms with van der Waals surface area (Å²) in [5.74, 6) is -0.727. The van der Waals surface area contributed by atoms with E-state index in [0.717, 1.165) is 21.9 Å². The fraction of sp³-hybridized carbons (Fsp3) is 0.400. The standard InChI is InChI=1S/C20H22O2/c1-19(2,3)12-7-11-8-13(20(4,5)6)10-15-16(11)14(9-12)17(21)18(15)22/h7-10H,1-6H3. The summed E-state index contributed by atoms with van der Waals surface area (Å²) in [6.07, 6.45) is 0. The molecule has 2 nitrogen and oxygen atoms in total. The maximum Gasteiger partial charge on any atom is 0.234 e. The van der Waals surface area contributed by atoms with E-state index in [4.69, 9.17) is 0 Å². The van der Waals surface area contributed by atoms with Crippen LogP contribution in [-0.4, -0.2) is 11.6 Å². The van der Waals surface area contributed by atoms with Crippen molar-refractivity contribution in [3.63, 3.8) is 0 Å². The lowest BCUT2D eigenvalue weighted by molar-refractivity contribution is 0.0825. The largest absolute Gasteiger partial charge is 0.285 e. The fourth-order valence-corrected chi connectivity index (χ4v) is 2.98. The first-order valence-electron chi connectivity index (χ1n) is 7.72. The number of benzene rings is 2. The van der Waals surface area contributed by atoms with E-state index in [1.165, 1.54) is 0 Å². The van der Waals surface area contributed by atoms with Crippen LogP contribution in [0.5, 0.6) is 0 Å². The summed E-state index contributed by atoms with van der Waals surface area (Å²) in [7, 11) is 0. The van der Waals surface area contributed by atoms with Crippen LogP contribution in [0, 0.1) is 0 Å². The minimum atomic E-state index is -0.364. The molecule has 2 aromatic rings. The summed E-state index contributed by atoms with van der Waals surface area (Å²) < 4.78 is 0. The molecular weight excluding hydrogens is 272 g/mol. The van der Waals surface area contributed by atoms with Gasteiger partial charge in [-0.3, -0.25) is 9.59 Å². The number of carbonyl (C=O) groups excluding carboxylic acids is 2. The van der Waals surface area contributed by atoms with Crippen molar-refractivity contribution in [2.75, 3.05) is 0 Å². The second kappa shape index (κ2) is 4.28. The van der Waals surface area contributed by atoms with Crippen LogP contribution in [0.15, 0.2) is 24.3 Å². The van der Waals surface area contributed by atoms with Gasteiger partial charge < -0.3 is 0 Å². The van der Waals surface area contributed by atoms with Crippen LogP contribution in [0.2, 0.25) is 0 Å². The number of hydrogen-bond donors (Lipinski definition) is 0. The van der Waals surface area contributed by atoms with Crippen molar-refractivity contribution in [3.8, 4) is 0 Å². The predicted molar refractivity (Wildman–Crippen MR) is 90.0 cm³/mol. The molecule has 0 radical (unpaired) electrons. The third-order valence-electron chi connectivity index (χ3n) is 4.48.